The molecule has 3 nitrogen and oxygen atoms in total. The Balaban J connectivity index is 1.79. The van der Waals surface area contributed by atoms with Crippen molar-refractivity contribution in [1.82, 2.24) is 0 Å². The van der Waals surface area contributed by atoms with E-state index in [2.05, 4.69) is 29.2 Å². The topological polar surface area (TPSA) is 38.5 Å². The van der Waals surface area contributed by atoms with Gasteiger partial charge in [-0.1, -0.05) is 31.4 Å². The molecule has 1 aliphatic rings. The van der Waals surface area contributed by atoms with Crippen LogP contribution in [0.1, 0.15) is 38.5 Å². The number of para-hydroxylation sites is 2. The summed E-state index contributed by atoms with van der Waals surface area (Å²) >= 11 is 0. The average molecular weight is 262 g/mol. The van der Waals surface area contributed by atoms with Crippen molar-refractivity contribution in [2.75, 3.05) is 31.1 Å². The lowest BCUT2D eigenvalue weighted by molar-refractivity contribution is 0.322. The fraction of sp³-hybridized carbons (Fsp3) is 0.625. The quantitative estimate of drug-likeness (QED) is 0.767. The average Bonchev–Trinajstić information content (AvgIpc) is 2.65. The number of hydrogen-bond acceptors (Lipinski definition) is 3. The van der Waals surface area contributed by atoms with Crippen molar-refractivity contribution in [1.29, 1.82) is 0 Å². The molecule has 19 heavy (non-hydrogen) atoms. The van der Waals surface area contributed by atoms with Crippen LogP contribution in [0.4, 0.5) is 5.69 Å². The number of ether oxygens (including phenoxy) is 1. The van der Waals surface area contributed by atoms with Gasteiger partial charge in [0.15, 0.2) is 0 Å². The number of hydrogen-bond donors (Lipinski definition) is 1. The van der Waals surface area contributed by atoms with Gasteiger partial charge in [0.1, 0.15) is 5.75 Å². The molecule has 0 aliphatic carbocycles. The fourth-order valence-electron chi connectivity index (χ4n) is 2.61. The van der Waals surface area contributed by atoms with E-state index in [0.29, 0.717) is 0 Å². The van der Waals surface area contributed by atoms with Gasteiger partial charge in [-0.3, -0.25) is 0 Å². The molecule has 0 amide bonds. The summed E-state index contributed by atoms with van der Waals surface area (Å²) in [5.74, 6) is 1.04. The standard InChI is InChI=1S/C16H26N2O/c17-11-6-2-1-3-7-12-18-13-8-14-19-16-10-5-4-9-15(16)18/h4-5,9-10H,1-3,6-8,11-14,17H2. The number of fused-ring (bicyclic) bond motifs is 1. The zero-order chi connectivity index (χ0) is 13.3. The van der Waals surface area contributed by atoms with Crippen molar-refractivity contribution >= 4 is 5.69 Å². The van der Waals surface area contributed by atoms with Crippen LogP contribution in [-0.4, -0.2) is 26.2 Å². The van der Waals surface area contributed by atoms with Crippen molar-refractivity contribution in [3.8, 4) is 5.75 Å². The molecule has 2 rings (SSSR count). The van der Waals surface area contributed by atoms with Gasteiger partial charge in [0.05, 0.1) is 12.3 Å². The summed E-state index contributed by atoms with van der Waals surface area (Å²) in [6.07, 6.45) is 7.43. The first-order valence-electron chi connectivity index (χ1n) is 7.58. The minimum atomic E-state index is 0.830. The van der Waals surface area contributed by atoms with Gasteiger partial charge in [0.2, 0.25) is 0 Å². The Hall–Kier alpha value is -1.22. The number of unbranched alkanes of at least 4 members (excludes halogenated alkanes) is 4. The number of anilines is 1. The second-order valence-electron chi connectivity index (χ2n) is 5.21. The molecule has 0 saturated carbocycles. The van der Waals surface area contributed by atoms with Gasteiger partial charge in [0, 0.05) is 13.1 Å². The summed E-state index contributed by atoms with van der Waals surface area (Å²) in [5, 5.41) is 0. The van der Waals surface area contributed by atoms with Gasteiger partial charge in [-0.15, -0.1) is 0 Å². The highest BCUT2D eigenvalue weighted by Crippen LogP contribution is 2.30. The number of rotatable bonds is 7. The Morgan fingerprint density at radius 1 is 1.05 bits per heavy atom. The van der Waals surface area contributed by atoms with Crippen LogP contribution in [0.2, 0.25) is 0 Å². The number of nitrogens with zero attached hydrogens (tertiary/aromatic N) is 1. The zero-order valence-corrected chi connectivity index (χ0v) is 11.8. The Bertz CT molecular complexity index is 368. The summed E-state index contributed by atoms with van der Waals surface area (Å²) in [6.45, 7) is 3.92. The van der Waals surface area contributed by atoms with Crippen LogP contribution in [0.25, 0.3) is 0 Å². The molecule has 0 unspecified atom stereocenters. The van der Waals surface area contributed by atoms with Gasteiger partial charge in [-0.2, -0.15) is 0 Å². The summed E-state index contributed by atoms with van der Waals surface area (Å²) in [6, 6.07) is 8.40. The fourth-order valence-corrected chi connectivity index (χ4v) is 2.61. The van der Waals surface area contributed by atoms with E-state index < -0.39 is 0 Å². The molecule has 0 bridgehead atoms. The molecule has 106 valence electrons. The van der Waals surface area contributed by atoms with Crippen molar-refractivity contribution in [3.05, 3.63) is 24.3 Å². The first kappa shape index (κ1) is 14.2. The molecule has 1 aliphatic heterocycles. The minimum Gasteiger partial charge on any atom is -0.491 e. The Kier molecular flexibility index (Phi) is 6.02. The van der Waals surface area contributed by atoms with Gasteiger partial charge in [-0.05, 0) is 37.9 Å². The Labute approximate surface area is 116 Å². The molecule has 2 N–H and O–H groups in total. The van der Waals surface area contributed by atoms with Crippen molar-refractivity contribution < 1.29 is 4.74 Å². The maximum atomic E-state index is 5.78. The van der Waals surface area contributed by atoms with E-state index in [0.717, 1.165) is 38.4 Å². The largest absolute Gasteiger partial charge is 0.491 e. The van der Waals surface area contributed by atoms with Crippen LogP contribution >= 0.6 is 0 Å². The predicted molar refractivity (Wildman–Crippen MR) is 80.9 cm³/mol. The van der Waals surface area contributed by atoms with E-state index in [9.17, 15) is 0 Å². The summed E-state index contributed by atoms with van der Waals surface area (Å²) in [5.41, 5.74) is 6.77. The van der Waals surface area contributed by atoms with Crippen molar-refractivity contribution in [2.45, 2.75) is 38.5 Å². The van der Waals surface area contributed by atoms with E-state index in [1.165, 1.54) is 37.8 Å². The normalized spacial score (nSPS) is 14.7. The van der Waals surface area contributed by atoms with Crippen LogP contribution in [-0.2, 0) is 0 Å². The van der Waals surface area contributed by atoms with Crippen LogP contribution in [0, 0.1) is 0 Å². The Morgan fingerprint density at radius 3 is 2.74 bits per heavy atom. The van der Waals surface area contributed by atoms with E-state index in [4.69, 9.17) is 10.5 Å². The second kappa shape index (κ2) is 8.05. The van der Waals surface area contributed by atoms with Crippen LogP contribution in [0.5, 0.6) is 5.75 Å². The molecule has 0 fully saturated rings. The van der Waals surface area contributed by atoms with Gasteiger partial charge in [0.25, 0.3) is 0 Å². The lowest BCUT2D eigenvalue weighted by atomic mass is 10.1. The molecule has 1 aromatic rings. The van der Waals surface area contributed by atoms with E-state index in [1.807, 2.05) is 0 Å². The molecule has 0 spiro atoms. The van der Waals surface area contributed by atoms with E-state index in [-0.39, 0.29) is 0 Å². The molecule has 0 atom stereocenters. The Morgan fingerprint density at radius 2 is 1.84 bits per heavy atom. The molecule has 3 heteroatoms. The summed E-state index contributed by atoms with van der Waals surface area (Å²) in [7, 11) is 0. The molecule has 1 heterocycles. The molecule has 0 radical (unpaired) electrons. The minimum absolute atomic E-state index is 0.830. The van der Waals surface area contributed by atoms with Crippen molar-refractivity contribution in [2.24, 2.45) is 5.73 Å². The molecule has 0 aromatic heterocycles. The van der Waals surface area contributed by atoms with E-state index in [1.54, 1.807) is 0 Å². The predicted octanol–water partition coefficient (Wildman–Crippen LogP) is 3.18. The van der Waals surface area contributed by atoms with Gasteiger partial charge >= 0.3 is 0 Å². The monoisotopic (exact) mass is 262 g/mol. The maximum Gasteiger partial charge on any atom is 0.142 e. The smallest absolute Gasteiger partial charge is 0.142 e. The highest BCUT2D eigenvalue weighted by atomic mass is 16.5. The maximum absolute atomic E-state index is 5.78. The molecule has 0 saturated heterocycles. The highest BCUT2D eigenvalue weighted by molar-refractivity contribution is 5.58. The third-order valence-corrected chi connectivity index (χ3v) is 3.67. The van der Waals surface area contributed by atoms with Crippen LogP contribution in [0.3, 0.4) is 0 Å². The zero-order valence-electron chi connectivity index (χ0n) is 11.8. The molecular weight excluding hydrogens is 236 g/mol. The SMILES string of the molecule is NCCCCCCCN1CCCOc2ccccc21. The molecule has 1 aromatic carbocycles. The number of nitrogens with two attached hydrogens (primary N) is 1. The lowest BCUT2D eigenvalue weighted by Gasteiger charge is -2.23. The van der Waals surface area contributed by atoms with E-state index >= 15 is 0 Å². The van der Waals surface area contributed by atoms with Crippen LogP contribution in [0.15, 0.2) is 24.3 Å². The third kappa shape index (κ3) is 4.43. The van der Waals surface area contributed by atoms with Crippen molar-refractivity contribution in [3.63, 3.8) is 0 Å². The second-order valence-corrected chi connectivity index (χ2v) is 5.21. The summed E-state index contributed by atoms with van der Waals surface area (Å²) < 4.78 is 5.78. The first-order chi connectivity index (χ1) is 9.42. The number of benzene rings is 1. The molecular formula is C16H26N2O. The van der Waals surface area contributed by atoms with Gasteiger partial charge < -0.3 is 15.4 Å². The lowest BCUT2D eigenvalue weighted by Crippen LogP contribution is -2.24. The highest BCUT2D eigenvalue weighted by Gasteiger charge is 2.14. The van der Waals surface area contributed by atoms with Crippen LogP contribution < -0.4 is 15.4 Å². The summed E-state index contributed by atoms with van der Waals surface area (Å²) in [4.78, 5) is 2.48. The van der Waals surface area contributed by atoms with Gasteiger partial charge in [-0.25, -0.2) is 0 Å². The third-order valence-electron chi connectivity index (χ3n) is 3.67. The first-order valence-corrected chi connectivity index (χ1v) is 7.58.